The highest BCUT2D eigenvalue weighted by Gasteiger charge is 2.34. The van der Waals surface area contributed by atoms with Crippen molar-refractivity contribution in [3.63, 3.8) is 0 Å². The number of hydrogen-bond donors (Lipinski definition) is 2. The van der Waals surface area contributed by atoms with E-state index in [1.165, 1.54) is 0 Å². The summed E-state index contributed by atoms with van der Waals surface area (Å²) in [6.45, 7) is 8.61. The lowest BCUT2D eigenvalue weighted by Gasteiger charge is -2.42. The Morgan fingerprint density at radius 3 is 2.70 bits per heavy atom. The second-order valence-corrected chi connectivity index (χ2v) is 8.89. The molecule has 1 aromatic carbocycles. The van der Waals surface area contributed by atoms with Gasteiger partial charge in [0, 0.05) is 17.8 Å². The van der Waals surface area contributed by atoms with Crippen LogP contribution >= 0.6 is 0 Å². The second-order valence-electron chi connectivity index (χ2n) is 7.27. The number of carbonyl (C=O) groups is 1. The van der Waals surface area contributed by atoms with Gasteiger partial charge in [0.15, 0.2) is 0 Å². The highest BCUT2D eigenvalue weighted by atomic mass is 32.2. The first kappa shape index (κ1) is 19.4. The molecule has 1 amide bonds. The van der Waals surface area contributed by atoms with Crippen LogP contribution in [0, 0.1) is 13.8 Å². The Bertz CT molecular complexity index is 946. The monoisotopic (exact) mass is 392 g/mol. The minimum absolute atomic E-state index is 0.119. The normalized spacial score (nSPS) is 17.0. The Morgan fingerprint density at radius 1 is 1.33 bits per heavy atom. The molecule has 0 unspecified atom stereocenters. The van der Waals surface area contributed by atoms with Gasteiger partial charge in [0.05, 0.1) is 30.1 Å². The van der Waals surface area contributed by atoms with E-state index in [2.05, 4.69) is 14.9 Å². The Balaban J connectivity index is 1.87. The van der Waals surface area contributed by atoms with E-state index >= 15 is 0 Å². The Morgan fingerprint density at radius 2 is 2.07 bits per heavy atom. The molecule has 1 aliphatic rings. The molecular weight excluding hydrogens is 368 g/mol. The molecule has 9 heteroatoms. The molecule has 0 aliphatic carbocycles. The van der Waals surface area contributed by atoms with Crippen LogP contribution in [0.2, 0.25) is 0 Å². The first-order valence-corrected chi connectivity index (χ1v) is 10.1. The Kier molecular flexibility index (Phi) is 5.00. The third-order valence-corrected chi connectivity index (χ3v) is 6.22. The van der Waals surface area contributed by atoms with Crippen LogP contribution < -0.4 is 4.72 Å². The number of ether oxygens (including phenoxy) is 1. The van der Waals surface area contributed by atoms with E-state index in [1.807, 2.05) is 13.8 Å². The van der Waals surface area contributed by atoms with Crippen molar-refractivity contribution in [3.8, 4) is 0 Å². The summed E-state index contributed by atoms with van der Waals surface area (Å²) in [5.41, 5.74) is 1.18. The smallest absolute Gasteiger partial charge is 0.265 e. The van der Waals surface area contributed by atoms with Crippen molar-refractivity contribution in [3.05, 3.63) is 41.2 Å². The molecule has 146 valence electrons. The number of aromatic nitrogens is 2. The number of anilines is 1. The maximum absolute atomic E-state index is 12.9. The van der Waals surface area contributed by atoms with Gasteiger partial charge in [-0.15, -0.1) is 0 Å². The highest BCUT2D eigenvalue weighted by molar-refractivity contribution is 7.92. The molecule has 2 aromatic rings. The standard InChI is InChI=1S/C18H24N4O4S/c1-12-16(13(2)20-19-12)27(24,25)21-15-7-5-6-14(10-15)17(23)22-8-9-26-11-18(22,3)4/h5-7,10,21H,8-9,11H2,1-4H3,(H,19,20). The lowest BCUT2D eigenvalue weighted by Crippen LogP contribution is -2.55. The fourth-order valence-corrected chi connectivity index (χ4v) is 4.67. The van der Waals surface area contributed by atoms with Gasteiger partial charge in [-0.05, 0) is 45.9 Å². The molecule has 0 saturated carbocycles. The lowest BCUT2D eigenvalue weighted by atomic mass is 10.0. The van der Waals surface area contributed by atoms with Gasteiger partial charge in [0.25, 0.3) is 15.9 Å². The van der Waals surface area contributed by atoms with Crippen molar-refractivity contribution in [2.45, 2.75) is 38.1 Å². The summed E-state index contributed by atoms with van der Waals surface area (Å²) in [6, 6.07) is 6.51. The number of morpholine rings is 1. The number of nitrogens with zero attached hydrogens (tertiary/aromatic N) is 2. The summed E-state index contributed by atoms with van der Waals surface area (Å²) in [7, 11) is -3.81. The number of amides is 1. The van der Waals surface area contributed by atoms with Crippen LogP contribution in [-0.4, -0.2) is 54.7 Å². The zero-order valence-corrected chi connectivity index (χ0v) is 16.7. The molecular formula is C18H24N4O4S. The molecule has 0 bridgehead atoms. The molecule has 1 aromatic heterocycles. The number of H-pyrrole nitrogens is 1. The van der Waals surface area contributed by atoms with Crippen molar-refractivity contribution in [1.82, 2.24) is 15.1 Å². The summed E-state index contributed by atoms with van der Waals surface area (Å²) in [6.07, 6.45) is 0. The topological polar surface area (TPSA) is 104 Å². The summed E-state index contributed by atoms with van der Waals surface area (Å²) in [5.74, 6) is -0.153. The van der Waals surface area contributed by atoms with Crippen LogP contribution in [0.15, 0.2) is 29.2 Å². The van der Waals surface area contributed by atoms with E-state index in [1.54, 1.807) is 43.0 Å². The van der Waals surface area contributed by atoms with Crippen molar-refractivity contribution < 1.29 is 17.9 Å². The predicted molar refractivity (Wildman–Crippen MR) is 101 cm³/mol. The number of rotatable bonds is 4. The van der Waals surface area contributed by atoms with E-state index < -0.39 is 15.6 Å². The van der Waals surface area contributed by atoms with Crippen LogP contribution in [0.4, 0.5) is 5.69 Å². The van der Waals surface area contributed by atoms with Gasteiger partial charge in [-0.1, -0.05) is 6.07 Å². The van der Waals surface area contributed by atoms with Crippen LogP contribution in [0.3, 0.4) is 0 Å². The van der Waals surface area contributed by atoms with Gasteiger partial charge in [-0.25, -0.2) is 8.42 Å². The molecule has 8 nitrogen and oxygen atoms in total. The third kappa shape index (κ3) is 3.84. The summed E-state index contributed by atoms with van der Waals surface area (Å²) >= 11 is 0. The summed E-state index contributed by atoms with van der Waals surface area (Å²) < 4.78 is 33.4. The molecule has 3 rings (SSSR count). The van der Waals surface area contributed by atoms with Crippen LogP contribution in [-0.2, 0) is 14.8 Å². The molecule has 27 heavy (non-hydrogen) atoms. The molecule has 0 spiro atoms. The molecule has 2 heterocycles. The summed E-state index contributed by atoms with van der Waals surface area (Å²) in [4.78, 5) is 14.8. The minimum Gasteiger partial charge on any atom is -0.377 e. The van der Waals surface area contributed by atoms with E-state index in [0.29, 0.717) is 42.4 Å². The maximum Gasteiger partial charge on any atom is 0.265 e. The van der Waals surface area contributed by atoms with E-state index in [0.717, 1.165) is 0 Å². The average Bonchev–Trinajstić information content (AvgIpc) is 2.93. The van der Waals surface area contributed by atoms with Crippen LogP contribution in [0.25, 0.3) is 0 Å². The number of sulfonamides is 1. The zero-order valence-electron chi connectivity index (χ0n) is 15.9. The molecule has 2 N–H and O–H groups in total. The summed E-state index contributed by atoms with van der Waals surface area (Å²) in [5, 5.41) is 6.60. The van der Waals surface area contributed by atoms with Crippen molar-refractivity contribution in [1.29, 1.82) is 0 Å². The van der Waals surface area contributed by atoms with E-state index in [4.69, 9.17) is 4.74 Å². The number of aromatic amines is 1. The largest absolute Gasteiger partial charge is 0.377 e. The van der Waals surface area contributed by atoms with Crippen LogP contribution in [0.5, 0.6) is 0 Å². The van der Waals surface area contributed by atoms with E-state index in [9.17, 15) is 13.2 Å². The SMILES string of the molecule is Cc1n[nH]c(C)c1S(=O)(=O)Nc1cccc(C(=O)N2CCOCC2(C)C)c1. The fraction of sp³-hybridized carbons (Fsp3) is 0.444. The number of hydrogen-bond acceptors (Lipinski definition) is 5. The Labute approximate surface area is 159 Å². The minimum atomic E-state index is -3.81. The van der Waals surface area contributed by atoms with Crippen molar-refractivity contribution in [2.75, 3.05) is 24.5 Å². The zero-order chi connectivity index (χ0) is 19.8. The third-order valence-electron chi connectivity index (χ3n) is 4.58. The van der Waals surface area contributed by atoms with Gasteiger partial charge in [0.2, 0.25) is 0 Å². The quantitative estimate of drug-likeness (QED) is 0.829. The molecule has 1 aliphatic heterocycles. The number of carbonyl (C=O) groups excluding carboxylic acids is 1. The van der Waals surface area contributed by atoms with Gasteiger partial charge in [-0.3, -0.25) is 14.6 Å². The molecule has 1 saturated heterocycles. The average molecular weight is 392 g/mol. The molecule has 1 fully saturated rings. The van der Waals surface area contributed by atoms with Crippen LogP contribution in [0.1, 0.15) is 35.6 Å². The maximum atomic E-state index is 12.9. The first-order chi connectivity index (χ1) is 12.6. The molecule has 0 atom stereocenters. The van der Waals surface area contributed by atoms with Crippen molar-refractivity contribution in [2.24, 2.45) is 0 Å². The molecule has 0 radical (unpaired) electrons. The first-order valence-electron chi connectivity index (χ1n) is 8.66. The number of nitrogens with one attached hydrogen (secondary N) is 2. The highest BCUT2D eigenvalue weighted by Crippen LogP contribution is 2.25. The fourth-order valence-electron chi connectivity index (χ4n) is 3.25. The number of aryl methyl sites for hydroxylation is 2. The predicted octanol–water partition coefficient (Wildman–Crippen LogP) is 2.08. The number of benzene rings is 1. The van der Waals surface area contributed by atoms with E-state index in [-0.39, 0.29) is 10.8 Å². The van der Waals surface area contributed by atoms with Gasteiger partial charge in [0.1, 0.15) is 4.90 Å². The van der Waals surface area contributed by atoms with Crippen molar-refractivity contribution >= 4 is 21.6 Å². The van der Waals surface area contributed by atoms with Gasteiger partial charge in [-0.2, -0.15) is 5.10 Å². The lowest BCUT2D eigenvalue weighted by molar-refractivity contribution is -0.0370. The Hall–Kier alpha value is -2.39. The van der Waals surface area contributed by atoms with Gasteiger partial charge >= 0.3 is 0 Å². The van der Waals surface area contributed by atoms with Gasteiger partial charge < -0.3 is 9.64 Å². The second kappa shape index (κ2) is 6.97.